The van der Waals surface area contributed by atoms with E-state index in [0.717, 1.165) is 36.4 Å². The van der Waals surface area contributed by atoms with Crippen LogP contribution in [0, 0.1) is 29.6 Å². The number of anilines is 9. The van der Waals surface area contributed by atoms with Gasteiger partial charge in [-0.05, 0) is 97.4 Å². The first-order chi connectivity index (χ1) is 41.9. The Balaban J connectivity index is 1.17. The van der Waals surface area contributed by atoms with Gasteiger partial charge in [0, 0.05) is 50.5 Å². The Morgan fingerprint density at radius 1 is 0.528 bits per heavy atom. The van der Waals surface area contributed by atoms with E-state index in [9.17, 15) is 75.4 Å². The first-order valence-corrected chi connectivity index (χ1v) is 33.4. The first kappa shape index (κ1) is 64.2. The number of thiophene rings is 1. The third kappa shape index (κ3) is 15.4. The van der Waals surface area contributed by atoms with E-state index in [2.05, 4.69) is 73.0 Å². The highest BCUT2D eigenvalue weighted by Gasteiger charge is 2.26. The van der Waals surface area contributed by atoms with Crippen molar-refractivity contribution in [3.63, 3.8) is 0 Å². The molecular formula is C51H37Cl2N15O15S6. The maximum absolute atomic E-state index is 12.7. The standard InChI is InChI=1S/C51H37Cl2N15O15S6/c1-26-35(24-54)45(58-31-17-18-37(53)42(22-31)89(81,82)83)61-46(57-29-15-11-28(52)12-16-29)44(26)66-67-47-36(25-55)43(48(84-47)68-65-32-21-34-33(41(23-32)88(78,79)80)5-4-8-39(34)86(72,73)74)27-9-13-30(14-10-27)59-50-62-49(56-19-20-85(69,70)71)63-51(64-50)60-38-6-2-3-7-40(38)87(75,76)77/h2-18,21-23H,19-20H2,1H3,(H2,57,58,61)(H,69,70,71)(H,72,73,74)(H,75,76,77)(H,78,79,80)(H,81,82,83)(H3,56,59,60,62,63,64)/b67-66?,68-65+. The van der Waals surface area contributed by atoms with E-state index in [1.807, 2.05) is 6.07 Å². The van der Waals surface area contributed by atoms with Crippen LogP contribution in [0.25, 0.3) is 21.9 Å². The van der Waals surface area contributed by atoms with Crippen LogP contribution >= 0.6 is 34.5 Å². The van der Waals surface area contributed by atoms with Crippen molar-refractivity contribution in [2.24, 2.45) is 20.5 Å². The molecule has 10 N–H and O–H groups in total. The number of nitriles is 2. The average Bonchev–Trinajstić information content (AvgIpc) is 2.05. The molecule has 0 bridgehead atoms. The van der Waals surface area contributed by atoms with Crippen LogP contribution < -0.4 is 26.6 Å². The molecule has 3 heterocycles. The summed E-state index contributed by atoms with van der Waals surface area (Å²) in [5.41, 5.74) is -0.0364. The second kappa shape index (κ2) is 25.5. The minimum Gasteiger partial charge on any atom is -0.353 e. The summed E-state index contributed by atoms with van der Waals surface area (Å²) in [6.45, 7) is 1.07. The Labute approximate surface area is 518 Å². The molecule has 30 nitrogen and oxygen atoms in total. The fourth-order valence-electron chi connectivity index (χ4n) is 8.26. The molecule has 0 aliphatic heterocycles. The number of pyridine rings is 1. The number of nitrogens with zero attached hydrogens (tertiary/aromatic N) is 10. The second-order valence-electron chi connectivity index (χ2n) is 18.2. The maximum Gasteiger partial charge on any atom is 0.296 e. The van der Waals surface area contributed by atoms with E-state index in [-0.39, 0.29) is 112 Å². The quantitative estimate of drug-likeness (QED) is 0.0236. The lowest BCUT2D eigenvalue weighted by molar-refractivity contribution is 0.481. The lowest BCUT2D eigenvalue weighted by atomic mass is 10.0. The van der Waals surface area contributed by atoms with Gasteiger partial charge >= 0.3 is 0 Å². The Morgan fingerprint density at radius 3 is 1.74 bits per heavy atom. The van der Waals surface area contributed by atoms with Crippen molar-refractivity contribution >= 4 is 170 Å². The smallest absolute Gasteiger partial charge is 0.296 e. The molecule has 3 aromatic heterocycles. The molecule has 0 fully saturated rings. The maximum atomic E-state index is 12.7. The van der Waals surface area contributed by atoms with Crippen LogP contribution in [0.3, 0.4) is 0 Å². The fourth-order valence-corrected chi connectivity index (χ4v) is 12.7. The summed E-state index contributed by atoms with van der Waals surface area (Å²) in [5.74, 6) is -1.84. The van der Waals surface area contributed by atoms with Gasteiger partial charge in [-0.3, -0.25) is 22.8 Å². The van der Waals surface area contributed by atoms with Crippen molar-refractivity contribution in [3.8, 4) is 23.3 Å². The number of nitrogens with one attached hydrogen (secondary N) is 5. The molecule has 0 aliphatic carbocycles. The van der Waals surface area contributed by atoms with Crippen molar-refractivity contribution in [1.29, 1.82) is 10.5 Å². The zero-order valence-corrected chi connectivity index (χ0v) is 50.9. The van der Waals surface area contributed by atoms with Gasteiger partial charge in [0.25, 0.3) is 50.6 Å². The molecule has 6 aromatic carbocycles. The van der Waals surface area contributed by atoms with Crippen LogP contribution in [0.1, 0.15) is 16.7 Å². The third-order valence-electron chi connectivity index (χ3n) is 12.2. The van der Waals surface area contributed by atoms with Crippen LogP contribution in [0.5, 0.6) is 0 Å². The van der Waals surface area contributed by atoms with Crippen molar-refractivity contribution in [3.05, 3.63) is 148 Å². The van der Waals surface area contributed by atoms with Gasteiger partial charge in [0.2, 0.25) is 17.8 Å². The SMILES string of the molecule is Cc1c(C#N)c(Nc2ccc(Cl)c(S(=O)(=O)O)c2)nc(Nc2ccc(Cl)cc2)c1N=Nc1sc(/N=N/c2cc(S(=O)(=O)O)c3cccc(S(=O)(=O)O)c3c2)c(-c2ccc(Nc3nc(NCCS(=O)(=O)O)nc(Nc4ccccc4S(=O)(=O)O)n3)cc2)c1C#N. The number of fused-ring (bicyclic) bond motifs is 1. The van der Waals surface area contributed by atoms with Crippen LogP contribution in [0.15, 0.2) is 161 Å². The van der Waals surface area contributed by atoms with Crippen LogP contribution in [0.2, 0.25) is 10.0 Å². The number of hydrogen-bond donors (Lipinski definition) is 10. The van der Waals surface area contributed by atoms with Crippen molar-refractivity contribution in [2.45, 2.75) is 26.5 Å². The molecule has 38 heteroatoms. The largest absolute Gasteiger partial charge is 0.353 e. The molecule has 0 radical (unpaired) electrons. The molecule has 0 amide bonds. The van der Waals surface area contributed by atoms with E-state index in [1.54, 1.807) is 24.3 Å². The summed E-state index contributed by atoms with van der Waals surface area (Å²) in [6.07, 6.45) is 0. The van der Waals surface area contributed by atoms with E-state index in [4.69, 9.17) is 23.2 Å². The van der Waals surface area contributed by atoms with Crippen LogP contribution in [-0.2, 0) is 50.6 Å². The summed E-state index contributed by atoms with van der Waals surface area (Å²) in [5, 5.41) is 52.2. The molecule has 0 unspecified atom stereocenters. The normalized spacial score (nSPS) is 12.2. The first-order valence-electron chi connectivity index (χ1n) is 24.5. The number of halogens is 2. The number of hydrogen-bond acceptors (Lipinski definition) is 26. The predicted molar refractivity (Wildman–Crippen MR) is 327 cm³/mol. The third-order valence-corrected chi connectivity index (χ3v) is 18.1. The lowest BCUT2D eigenvalue weighted by Crippen LogP contribution is -2.17. The molecule has 0 aliphatic rings. The Hall–Kier alpha value is -9.25. The van der Waals surface area contributed by atoms with Crippen molar-refractivity contribution < 1.29 is 64.9 Å². The molecule has 89 heavy (non-hydrogen) atoms. The lowest BCUT2D eigenvalue weighted by Gasteiger charge is -2.16. The van der Waals surface area contributed by atoms with Gasteiger partial charge in [0.05, 0.1) is 27.7 Å². The number of para-hydroxylation sites is 1. The van der Waals surface area contributed by atoms with E-state index in [1.165, 1.54) is 67.6 Å². The molecule has 0 atom stereocenters. The average molecular weight is 1360 g/mol. The van der Waals surface area contributed by atoms with Crippen LogP contribution in [0.4, 0.5) is 73.6 Å². The van der Waals surface area contributed by atoms with Gasteiger partial charge in [0.1, 0.15) is 48.0 Å². The molecule has 0 saturated carbocycles. The van der Waals surface area contributed by atoms with E-state index in [0.29, 0.717) is 22.0 Å². The minimum atomic E-state index is -5.12. The highest BCUT2D eigenvalue weighted by atomic mass is 35.5. The Kier molecular flexibility index (Phi) is 18.4. The van der Waals surface area contributed by atoms with E-state index >= 15 is 0 Å². The second-order valence-corrected chi connectivity index (χ2v) is 27.1. The molecular weight excluding hydrogens is 1330 g/mol. The van der Waals surface area contributed by atoms with Crippen molar-refractivity contribution in [1.82, 2.24) is 19.9 Å². The van der Waals surface area contributed by atoms with Gasteiger partial charge in [-0.2, -0.15) is 67.6 Å². The van der Waals surface area contributed by atoms with Gasteiger partial charge in [0.15, 0.2) is 16.6 Å². The highest BCUT2D eigenvalue weighted by Crippen LogP contribution is 2.49. The summed E-state index contributed by atoms with van der Waals surface area (Å²) in [6, 6.07) is 30.2. The Bertz CT molecular complexity index is 5110. The minimum absolute atomic E-state index is 0.00415. The number of aromatic nitrogens is 4. The highest BCUT2D eigenvalue weighted by molar-refractivity contribution is 7.87. The molecule has 0 spiro atoms. The van der Waals surface area contributed by atoms with Crippen molar-refractivity contribution in [2.75, 3.05) is 38.9 Å². The van der Waals surface area contributed by atoms with Gasteiger partial charge in [-0.15, -0.1) is 20.5 Å². The topological polar surface area (TPSA) is 481 Å². The summed E-state index contributed by atoms with van der Waals surface area (Å²) in [7, 11) is -24.2. The van der Waals surface area contributed by atoms with Gasteiger partial charge in [-0.1, -0.05) is 70.9 Å². The van der Waals surface area contributed by atoms with Gasteiger partial charge < -0.3 is 26.6 Å². The molecule has 0 saturated heterocycles. The number of azo groups is 2. The van der Waals surface area contributed by atoms with Crippen LogP contribution in [-0.4, -0.2) is 97.1 Å². The Morgan fingerprint density at radius 2 is 1.10 bits per heavy atom. The predicted octanol–water partition coefficient (Wildman–Crippen LogP) is 11.6. The summed E-state index contributed by atoms with van der Waals surface area (Å²) in [4.78, 5) is 14.5. The number of rotatable bonds is 21. The van der Waals surface area contributed by atoms with E-state index < -0.39 is 82.5 Å². The fraction of sp³-hybridized carbons (Fsp3) is 0.0588. The monoisotopic (exact) mass is 1360 g/mol. The molecule has 456 valence electrons. The zero-order chi connectivity index (χ0) is 64.4. The summed E-state index contributed by atoms with van der Waals surface area (Å²) < 4.78 is 172. The molecule has 9 rings (SSSR count). The summed E-state index contributed by atoms with van der Waals surface area (Å²) >= 11 is 12.9. The van der Waals surface area contributed by atoms with Gasteiger partial charge in [-0.25, -0.2) is 4.98 Å². The number of benzene rings is 6. The zero-order valence-electron chi connectivity index (χ0n) is 44.5. The molecule has 9 aromatic rings.